The fourth-order valence-corrected chi connectivity index (χ4v) is 1.42. The third kappa shape index (κ3) is 3.03. The molecule has 0 bridgehead atoms. The van der Waals surface area contributed by atoms with Crippen molar-refractivity contribution in [1.29, 1.82) is 0 Å². The standard InChI is InChI=1S/C13H21NO/c1-9(2)10(3)12-8-11(6-7-14-12)13(4,5)15/h6-10,15H,1-5H3. The summed E-state index contributed by atoms with van der Waals surface area (Å²) in [6, 6.07) is 3.88. The fourth-order valence-electron chi connectivity index (χ4n) is 1.42. The molecule has 1 unspecified atom stereocenters. The van der Waals surface area contributed by atoms with Gasteiger partial charge in [-0.15, -0.1) is 0 Å². The molecule has 0 aliphatic heterocycles. The van der Waals surface area contributed by atoms with Gasteiger partial charge < -0.3 is 5.11 Å². The molecule has 1 aromatic heterocycles. The summed E-state index contributed by atoms with van der Waals surface area (Å²) < 4.78 is 0. The zero-order chi connectivity index (χ0) is 11.6. The van der Waals surface area contributed by atoms with E-state index in [1.165, 1.54) is 0 Å². The highest BCUT2D eigenvalue weighted by molar-refractivity contribution is 5.23. The molecular weight excluding hydrogens is 186 g/mol. The zero-order valence-corrected chi connectivity index (χ0v) is 10.3. The van der Waals surface area contributed by atoms with Crippen LogP contribution in [0.15, 0.2) is 18.3 Å². The van der Waals surface area contributed by atoms with Crippen LogP contribution in [0.25, 0.3) is 0 Å². The van der Waals surface area contributed by atoms with E-state index in [9.17, 15) is 5.11 Å². The highest BCUT2D eigenvalue weighted by Gasteiger charge is 2.18. The summed E-state index contributed by atoms with van der Waals surface area (Å²) >= 11 is 0. The summed E-state index contributed by atoms with van der Waals surface area (Å²) in [6.45, 7) is 10.1. The molecule has 0 aliphatic rings. The van der Waals surface area contributed by atoms with E-state index in [1.54, 1.807) is 20.0 Å². The maximum Gasteiger partial charge on any atom is 0.0841 e. The summed E-state index contributed by atoms with van der Waals surface area (Å²) in [4.78, 5) is 4.36. The predicted octanol–water partition coefficient (Wildman–Crippen LogP) is 3.07. The second-order valence-electron chi connectivity index (χ2n) is 5.06. The van der Waals surface area contributed by atoms with E-state index in [0.717, 1.165) is 11.3 Å². The molecular formula is C13H21NO. The first-order valence-electron chi connectivity index (χ1n) is 5.51. The fraction of sp³-hybridized carbons (Fsp3) is 0.615. The number of hydrogen-bond donors (Lipinski definition) is 1. The van der Waals surface area contributed by atoms with E-state index in [2.05, 4.69) is 25.8 Å². The Hall–Kier alpha value is -0.890. The number of pyridine rings is 1. The van der Waals surface area contributed by atoms with Crippen molar-refractivity contribution in [2.45, 2.75) is 46.1 Å². The smallest absolute Gasteiger partial charge is 0.0841 e. The Balaban J connectivity index is 3.03. The second kappa shape index (κ2) is 4.31. The van der Waals surface area contributed by atoms with Crippen molar-refractivity contribution in [1.82, 2.24) is 4.98 Å². The minimum Gasteiger partial charge on any atom is -0.386 e. The Bertz CT molecular complexity index is 326. The van der Waals surface area contributed by atoms with Crippen molar-refractivity contribution in [2.75, 3.05) is 0 Å². The largest absolute Gasteiger partial charge is 0.386 e. The molecule has 84 valence electrons. The minimum absolute atomic E-state index is 0.423. The van der Waals surface area contributed by atoms with Gasteiger partial charge in [0.25, 0.3) is 0 Å². The highest BCUT2D eigenvalue weighted by Crippen LogP contribution is 2.26. The van der Waals surface area contributed by atoms with Gasteiger partial charge >= 0.3 is 0 Å². The first kappa shape index (κ1) is 12.2. The normalized spacial score (nSPS) is 14.3. The average molecular weight is 207 g/mol. The molecule has 2 heteroatoms. The lowest BCUT2D eigenvalue weighted by molar-refractivity contribution is 0.0783. The van der Waals surface area contributed by atoms with E-state index >= 15 is 0 Å². The lowest BCUT2D eigenvalue weighted by atomic mass is 9.91. The van der Waals surface area contributed by atoms with Crippen molar-refractivity contribution in [3.63, 3.8) is 0 Å². The molecule has 1 rings (SSSR count). The quantitative estimate of drug-likeness (QED) is 0.826. The van der Waals surface area contributed by atoms with Gasteiger partial charge in [0.2, 0.25) is 0 Å². The van der Waals surface area contributed by atoms with Gasteiger partial charge in [-0.25, -0.2) is 0 Å². The molecule has 0 radical (unpaired) electrons. The number of nitrogens with zero attached hydrogens (tertiary/aromatic N) is 1. The summed E-state index contributed by atoms with van der Waals surface area (Å²) in [5.74, 6) is 0.988. The van der Waals surface area contributed by atoms with Crippen LogP contribution in [0.2, 0.25) is 0 Å². The van der Waals surface area contributed by atoms with Crippen LogP contribution in [0.5, 0.6) is 0 Å². The van der Waals surface area contributed by atoms with E-state index < -0.39 is 5.60 Å². The highest BCUT2D eigenvalue weighted by atomic mass is 16.3. The van der Waals surface area contributed by atoms with Gasteiger partial charge in [0.1, 0.15) is 0 Å². The van der Waals surface area contributed by atoms with Crippen molar-refractivity contribution in [3.8, 4) is 0 Å². The van der Waals surface area contributed by atoms with Crippen molar-refractivity contribution in [2.24, 2.45) is 5.92 Å². The van der Waals surface area contributed by atoms with Crippen LogP contribution in [-0.2, 0) is 5.60 Å². The SMILES string of the molecule is CC(C)C(C)c1cc(C(C)(C)O)ccn1. The van der Waals surface area contributed by atoms with Crippen molar-refractivity contribution < 1.29 is 5.11 Å². The molecule has 0 saturated heterocycles. The van der Waals surface area contributed by atoms with Gasteiger partial charge in [0.05, 0.1) is 5.60 Å². The monoisotopic (exact) mass is 207 g/mol. The third-order valence-electron chi connectivity index (χ3n) is 2.95. The first-order valence-corrected chi connectivity index (χ1v) is 5.51. The van der Waals surface area contributed by atoms with E-state index in [0.29, 0.717) is 11.8 Å². The van der Waals surface area contributed by atoms with E-state index in [1.807, 2.05) is 12.1 Å². The van der Waals surface area contributed by atoms with Gasteiger partial charge in [0, 0.05) is 17.8 Å². The zero-order valence-electron chi connectivity index (χ0n) is 10.3. The lowest BCUT2D eigenvalue weighted by Crippen LogP contribution is -2.16. The van der Waals surface area contributed by atoms with E-state index in [4.69, 9.17) is 0 Å². The van der Waals surface area contributed by atoms with Gasteiger partial charge in [-0.2, -0.15) is 0 Å². The van der Waals surface area contributed by atoms with Crippen LogP contribution in [0, 0.1) is 5.92 Å². The average Bonchev–Trinajstić information content (AvgIpc) is 2.15. The Morgan fingerprint density at radius 3 is 2.33 bits per heavy atom. The molecule has 0 spiro atoms. The van der Waals surface area contributed by atoms with Gasteiger partial charge in [0.15, 0.2) is 0 Å². The maximum atomic E-state index is 9.91. The summed E-state index contributed by atoms with van der Waals surface area (Å²) in [7, 11) is 0. The number of aromatic nitrogens is 1. The summed E-state index contributed by atoms with van der Waals surface area (Å²) in [5.41, 5.74) is 1.21. The van der Waals surface area contributed by atoms with Crippen LogP contribution in [0.4, 0.5) is 0 Å². The van der Waals surface area contributed by atoms with Crippen LogP contribution in [0.3, 0.4) is 0 Å². The third-order valence-corrected chi connectivity index (χ3v) is 2.95. The van der Waals surface area contributed by atoms with Crippen LogP contribution >= 0.6 is 0 Å². The number of rotatable bonds is 3. The van der Waals surface area contributed by atoms with Gasteiger partial charge in [-0.05, 0) is 37.5 Å². The molecule has 1 atom stereocenters. The maximum absolute atomic E-state index is 9.91. The van der Waals surface area contributed by atoms with Gasteiger partial charge in [-0.1, -0.05) is 20.8 Å². The Kier molecular flexibility index (Phi) is 3.50. The molecule has 1 N–H and O–H groups in total. The molecule has 0 aliphatic carbocycles. The Morgan fingerprint density at radius 2 is 1.87 bits per heavy atom. The topological polar surface area (TPSA) is 33.1 Å². The first-order chi connectivity index (χ1) is 6.82. The van der Waals surface area contributed by atoms with Crippen molar-refractivity contribution >= 4 is 0 Å². The molecule has 15 heavy (non-hydrogen) atoms. The molecule has 0 amide bonds. The van der Waals surface area contributed by atoms with Crippen LogP contribution in [0.1, 0.15) is 51.8 Å². The number of aliphatic hydroxyl groups is 1. The minimum atomic E-state index is -0.783. The van der Waals surface area contributed by atoms with Crippen LogP contribution in [-0.4, -0.2) is 10.1 Å². The van der Waals surface area contributed by atoms with E-state index in [-0.39, 0.29) is 0 Å². The summed E-state index contributed by atoms with van der Waals surface area (Å²) in [5, 5.41) is 9.91. The Morgan fingerprint density at radius 1 is 1.27 bits per heavy atom. The molecule has 1 aromatic rings. The molecule has 0 fully saturated rings. The Labute approximate surface area is 92.4 Å². The molecule has 0 aromatic carbocycles. The molecule has 1 heterocycles. The number of hydrogen-bond acceptors (Lipinski definition) is 2. The lowest BCUT2D eigenvalue weighted by Gasteiger charge is -2.21. The summed E-state index contributed by atoms with van der Waals surface area (Å²) in [6.07, 6.45) is 1.78. The van der Waals surface area contributed by atoms with Crippen molar-refractivity contribution in [3.05, 3.63) is 29.6 Å². The molecule has 2 nitrogen and oxygen atoms in total. The second-order valence-corrected chi connectivity index (χ2v) is 5.06. The predicted molar refractivity (Wildman–Crippen MR) is 62.7 cm³/mol. The molecule has 0 saturated carbocycles. The van der Waals surface area contributed by atoms with Crippen LogP contribution < -0.4 is 0 Å². The van der Waals surface area contributed by atoms with Gasteiger partial charge in [-0.3, -0.25) is 4.98 Å².